The standard InChI is InChI=1S/C23H28O2/c1-17(22(25)16-24)6-5-7-18-8-10-19(11-9-18)20-12-14-21(15-13-20)23(2,3)4/h5-6,8-15,17,24H,7,16H2,1-4H3/b6-5-. The van der Waals surface area contributed by atoms with Gasteiger partial charge in [-0.25, -0.2) is 0 Å². The highest BCUT2D eigenvalue weighted by molar-refractivity contribution is 5.83. The number of ketones is 1. The maximum Gasteiger partial charge on any atom is 0.164 e. The molecule has 1 N–H and O–H groups in total. The molecule has 0 bridgehead atoms. The predicted octanol–water partition coefficient (Wildman–Crippen LogP) is 4.95. The second-order valence-corrected chi connectivity index (χ2v) is 7.57. The molecule has 25 heavy (non-hydrogen) atoms. The van der Waals surface area contributed by atoms with Crippen LogP contribution in [0, 0.1) is 5.92 Å². The number of Topliss-reactive ketones (excluding diaryl/α,β-unsaturated/α-hetero) is 1. The first-order chi connectivity index (χ1) is 11.8. The van der Waals surface area contributed by atoms with Gasteiger partial charge in [0.1, 0.15) is 6.61 Å². The number of hydrogen-bond acceptors (Lipinski definition) is 2. The summed E-state index contributed by atoms with van der Waals surface area (Å²) in [5.41, 5.74) is 5.14. The minimum Gasteiger partial charge on any atom is -0.389 e. The van der Waals surface area contributed by atoms with Crippen molar-refractivity contribution >= 4 is 5.78 Å². The maximum atomic E-state index is 11.3. The van der Waals surface area contributed by atoms with E-state index in [0.29, 0.717) is 0 Å². The molecule has 0 amide bonds. The molecule has 0 aliphatic heterocycles. The lowest BCUT2D eigenvalue weighted by atomic mass is 9.86. The summed E-state index contributed by atoms with van der Waals surface area (Å²) in [7, 11) is 0. The summed E-state index contributed by atoms with van der Waals surface area (Å²) >= 11 is 0. The van der Waals surface area contributed by atoms with Crippen LogP contribution in [0.2, 0.25) is 0 Å². The van der Waals surface area contributed by atoms with Gasteiger partial charge in [-0.05, 0) is 34.1 Å². The van der Waals surface area contributed by atoms with Crippen LogP contribution in [0.25, 0.3) is 11.1 Å². The smallest absolute Gasteiger partial charge is 0.164 e. The quantitative estimate of drug-likeness (QED) is 0.758. The van der Waals surface area contributed by atoms with Crippen LogP contribution in [-0.4, -0.2) is 17.5 Å². The van der Waals surface area contributed by atoms with Gasteiger partial charge in [0, 0.05) is 5.92 Å². The van der Waals surface area contributed by atoms with Crippen LogP contribution >= 0.6 is 0 Å². The molecule has 2 heteroatoms. The van der Waals surface area contributed by atoms with E-state index < -0.39 is 6.61 Å². The Kier molecular flexibility index (Phi) is 6.33. The summed E-state index contributed by atoms with van der Waals surface area (Å²) in [5, 5.41) is 8.84. The Morgan fingerprint density at radius 3 is 2.00 bits per heavy atom. The van der Waals surface area contributed by atoms with E-state index in [9.17, 15) is 4.79 Å². The lowest BCUT2D eigenvalue weighted by molar-refractivity contribution is -0.123. The van der Waals surface area contributed by atoms with Crippen molar-refractivity contribution in [2.24, 2.45) is 5.92 Å². The van der Waals surface area contributed by atoms with Crippen LogP contribution < -0.4 is 0 Å². The van der Waals surface area contributed by atoms with E-state index >= 15 is 0 Å². The van der Waals surface area contributed by atoms with Crippen LogP contribution in [0.15, 0.2) is 60.7 Å². The molecule has 0 saturated carbocycles. The summed E-state index contributed by atoms with van der Waals surface area (Å²) in [6.45, 7) is 8.07. The molecule has 2 rings (SSSR count). The maximum absolute atomic E-state index is 11.3. The molecule has 2 aromatic rings. The van der Waals surface area contributed by atoms with E-state index in [0.717, 1.165) is 6.42 Å². The van der Waals surface area contributed by atoms with Gasteiger partial charge in [-0.1, -0.05) is 88.4 Å². The van der Waals surface area contributed by atoms with Gasteiger partial charge in [0.05, 0.1) is 0 Å². The molecule has 0 heterocycles. The molecule has 0 spiro atoms. The second kappa shape index (κ2) is 8.26. The monoisotopic (exact) mass is 336 g/mol. The molecule has 0 aliphatic rings. The minimum atomic E-state index is -0.395. The third kappa shape index (κ3) is 5.40. The number of rotatable bonds is 6. The Labute approximate surface area is 151 Å². The Morgan fingerprint density at radius 2 is 1.52 bits per heavy atom. The number of carbonyl (C=O) groups is 1. The van der Waals surface area contributed by atoms with E-state index in [1.807, 2.05) is 12.2 Å². The van der Waals surface area contributed by atoms with Gasteiger partial charge in [0.2, 0.25) is 0 Å². The molecule has 2 nitrogen and oxygen atoms in total. The zero-order chi connectivity index (χ0) is 18.4. The molecule has 132 valence electrons. The van der Waals surface area contributed by atoms with E-state index in [1.165, 1.54) is 22.3 Å². The highest BCUT2D eigenvalue weighted by Gasteiger charge is 2.13. The van der Waals surface area contributed by atoms with E-state index in [-0.39, 0.29) is 17.1 Å². The van der Waals surface area contributed by atoms with Crippen molar-refractivity contribution in [2.75, 3.05) is 6.61 Å². The van der Waals surface area contributed by atoms with Crippen molar-refractivity contribution in [2.45, 2.75) is 39.5 Å². The van der Waals surface area contributed by atoms with Crippen LogP contribution in [0.5, 0.6) is 0 Å². The molecule has 0 aromatic heterocycles. The van der Waals surface area contributed by atoms with E-state index in [2.05, 4.69) is 69.3 Å². The molecule has 1 atom stereocenters. The second-order valence-electron chi connectivity index (χ2n) is 7.57. The number of carbonyl (C=O) groups excluding carboxylic acids is 1. The minimum absolute atomic E-state index is 0.148. The Bertz CT molecular complexity index is 716. The molecular weight excluding hydrogens is 308 g/mol. The molecule has 0 aliphatic carbocycles. The first-order valence-electron chi connectivity index (χ1n) is 8.81. The molecule has 0 radical (unpaired) electrons. The summed E-state index contributed by atoms with van der Waals surface area (Å²) in [4.78, 5) is 11.3. The first kappa shape index (κ1) is 19.1. The van der Waals surface area contributed by atoms with Crippen molar-refractivity contribution in [1.82, 2.24) is 0 Å². The first-order valence-corrected chi connectivity index (χ1v) is 8.81. The number of aliphatic hydroxyl groups excluding tert-OH is 1. The summed E-state index contributed by atoms with van der Waals surface area (Å²) in [6, 6.07) is 17.3. The van der Waals surface area contributed by atoms with Crippen molar-refractivity contribution in [3.05, 3.63) is 71.8 Å². The molecule has 0 fully saturated rings. The van der Waals surface area contributed by atoms with E-state index in [4.69, 9.17) is 5.11 Å². The molecule has 1 unspecified atom stereocenters. The fraction of sp³-hybridized carbons (Fsp3) is 0.348. The summed E-state index contributed by atoms with van der Waals surface area (Å²) in [5.74, 6) is -0.379. The lowest BCUT2D eigenvalue weighted by Crippen LogP contribution is -2.12. The van der Waals surface area contributed by atoms with Crippen molar-refractivity contribution < 1.29 is 9.90 Å². The van der Waals surface area contributed by atoms with Gasteiger partial charge < -0.3 is 5.11 Å². The number of allylic oxidation sites excluding steroid dienone is 2. The molecule has 0 saturated heterocycles. The van der Waals surface area contributed by atoms with Crippen molar-refractivity contribution in [1.29, 1.82) is 0 Å². The van der Waals surface area contributed by atoms with Crippen LogP contribution in [0.3, 0.4) is 0 Å². The Morgan fingerprint density at radius 1 is 1.00 bits per heavy atom. The average Bonchev–Trinajstić information content (AvgIpc) is 2.61. The SMILES string of the molecule is CC(/C=C\Cc1ccc(-c2ccc(C(C)(C)C)cc2)cc1)C(=O)CO. The zero-order valence-electron chi connectivity index (χ0n) is 15.6. The largest absolute Gasteiger partial charge is 0.389 e. The lowest BCUT2D eigenvalue weighted by Gasteiger charge is -2.19. The molecular formula is C23H28O2. The van der Waals surface area contributed by atoms with Gasteiger partial charge in [-0.15, -0.1) is 0 Å². The Hall–Kier alpha value is -2.19. The highest BCUT2D eigenvalue weighted by atomic mass is 16.3. The highest BCUT2D eigenvalue weighted by Crippen LogP contribution is 2.26. The predicted molar refractivity (Wildman–Crippen MR) is 105 cm³/mol. The van der Waals surface area contributed by atoms with Crippen molar-refractivity contribution in [3.8, 4) is 11.1 Å². The zero-order valence-corrected chi connectivity index (χ0v) is 15.6. The third-order valence-corrected chi connectivity index (χ3v) is 4.48. The van der Waals surface area contributed by atoms with Gasteiger partial charge in [-0.3, -0.25) is 4.79 Å². The fourth-order valence-electron chi connectivity index (χ4n) is 2.66. The number of hydrogen-bond donors (Lipinski definition) is 1. The van der Waals surface area contributed by atoms with E-state index in [1.54, 1.807) is 6.92 Å². The van der Waals surface area contributed by atoms with Crippen LogP contribution in [-0.2, 0) is 16.6 Å². The van der Waals surface area contributed by atoms with Gasteiger partial charge in [0.25, 0.3) is 0 Å². The van der Waals surface area contributed by atoms with Gasteiger partial charge in [-0.2, -0.15) is 0 Å². The van der Waals surface area contributed by atoms with Gasteiger partial charge >= 0.3 is 0 Å². The average molecular weight is 336 g/mol. The van der Waals surface area contributed by atoms with Crippen LogP contribution in [0.4, 0.5) is 0 Å². The normalized spacial score (nSPS) is 13.2. The topological polar surface area (TPSA) is 37.3 Å². The fourth-order valence-corrected chi connectivity index (χ4v) is 2.66. The number of benzene rings is 2. The molecule has 2 aromatic carbocycles. The summed E-state index contributed by atoms with van der Waals surface area (Å²) in [6.07, 6.45) is 4.63. The van der Waals surface area contributed by atoms with Crippen molar-refractivity contribution in [3.63, 3.8) is 0 Å². The Balaban J connectivity index is 2.02. The van der Waals surface area contributed by atoms with Gasteiger partial charge in [0.15, 0.2) is 5.78 Å². The number of aliphatic hydroxyl groups is 1. The third-order valence-electron chi connectivity index (χ3n) is 4.48. The summed E-state index contributed by atoms with van der Waals surface area (Å²) < 4.78 is 0. The van der Waals surface area contributed by atoms with Crippen LogP contribution in [0.1, 0.15) is 38.8 Å².